The van der Waals surface area contributed by atoms with E-state index >= 15 is 0 Å². The summed E-state index contributed by atoms with van der Waals surface area (Å²) >= 11 is 0. The summed E-state index contributed by atoms with van der Waals surface area (Å²) in [7, 11) is 0. The van der Waals surface area contributed by atoms with Crippen LogP contribution >= 0.6 is 0 Å². The molecule has 2 N–H and O–H groups in total. The number of aromatic nitrogens is 2. The Labute approximate surface area is 108 Å². The zero-order valence-electron chi connectivity index (χ0n) is 10.9. The Kier molecular flexibility index (Phi) is 5.51. The van der Waals surface area contributed by atoms with Gasteiger partial charge in [0.05, 0.1) is 11.3 Å². The van der Waals surface area contributed by atoms with E-state index in [1.54, 1.807) is 0 Å². The van der Waals surface area contributed by atoms with Crippen molar-refractivity contribution < 1.29 is 0 Å². The van der Waals surface area contributed by atoms with E-state index in [4.69, 9.17) is 5.41 Å². The number of nitrogens with zero attached hydrogens (tertiary/aromatic N) is 2. The van der Waals surface area contributed by atoms with E-state index in [2.05, 4.69) is 15.3 Å². The molecule has 0 spiro atoms. The van der Waals surface area contributed by atoms with Crippen molar-refractivity contribution in [2.75, 3.05) is 5.32 Å². The molecule has 2 aromatic rings. The molecule has 4 nitrogen and oxygen atoms in total. The molecule has 0 unspecified atom stereocenters. The summed E-state index contributed by atoms with van der Waals surface area (Å²) in [5, 5.41) is 10.5. The highest BCUT2D eigenvalue weighted by atomic mass is 15.0. The summed E-state index contributed by atoms with van der Waals surface area (Å²) in [6, 6.07) is 9.74. The van der Waals surface area contributed by atoms with Gasteiger partial charge in [-0.1, -0.05) is 32.0 Å². The third-order valence-corrected chi connectivity index (χ3v) is 2.26. The highest BCUT2D eigenvalue weighted by Gasteiger charge is 2.05. The van der Waals surface area contributed by atoms with Gasteiger partial charge in [-0.05, 0) is 19.1 Å². The fraction of sp³-hybridized carbons (Fsp3) is 0.214. The summed E-state index contributed by atoms with van der Waals surface area (Å²) in [5.41, 5.74) is 2.46. The van der Waals surface area contributed by atoms with Gasteiger partial charge in [0.1, 0.15) is 12.1 Å². The van der Waals surface area contributed by atoms with Gasteiger partial charge in [-0.2, -0.15) is 0 Å². The molecule has 18 heavy (non-hydrogen) atoms. The number of hydrogen-bond donors (Lipinski definition) is 2. The third kappa shape index (κ3) is 3.38. The van der Waals surface area contributed by atoms with Gasteiger partial charge >= 0.3 is 0 Å². The van der Waals surface area contributed by atoms with Crippen LogP contribution in [0.1, 0.15) is 25.1 Å². The maximum absolute atomic E-state index is 7.35. The predicted octanol–water partition coefficient (Wildman–Crippen LogP) is 3.55. The number of benzene rings is 1. The van der Waals surface area contributed by atoms with Crippen LogP contribution in [0.3, 0.4) is 0 Å². The molecule has 0 amide bonds. The van der Waals surface area contributed by atoms with Gasteiger partial charge in [-0.3, -0.25) is 0 Å². The Morgan fingerprint density at radius 2 is 1.78 bits per heavy atom. The molecule has 0 aliphatic carbocycles. The van der Waals surface area contributed by atoms with Crippen LogP contribution in [0, 0.1) is 12.3 Å². The van der Waals surface area contributed by atoms with Crippen molar-refractivity contribution in [2.45, 2.75) is 20.8 Å². The molecule has 4 heteroatoms. The molecule has 0 atom stereocenters. The Morgan fingerprint density at radius 3 is 2.39 bits per heavy atom. The minimum atomic E-state index is 0.661. The maximum atomic E-state index is 7.35. The van der Waals surface area contributed by atoms with Crippen LogP contribution in [-0.4, -0.2) is 16.2 Å². The van der Waals surface area contributed by atoms with Crippen molar-refractivity contribution in [3.63, 3.8) is 0 Å². The number of para-hydroxylation sites is 1. The van der Waals surface area contributed by atoms with Crippen molar-refractivity contribution in [1.29, 1.82) is 5.41 Å². The van der Waals surface area contributed by atoms with E-state index in [0.29, 0.717) is 11.4 Å². The largest absolute Gasteiger partial charge is 0.340 e. The van der Waals surface area contributed by atoms with E-state index in [9.17, 15) is 0 Å². The molecule has 1 aromatic heterocycles. The second kappa shape index (κ2) is 7.17. The van der Waals surface area contributed by atoms with Gasteiger partial charge in [0.15, 0.2) is 0 Å². The normalized spacial score (nSPS) is 9.06. The van der Waals surface area contributed by atoms with Crippen LogP contribution in [-0.2, 0) is 0 Å². The van der Waals surface area contributed by atoms with Crippen molar-refractivity contribution in [3.05, 3.63) is 47.9 Å². The van der Waals surface area contributed by atoms with Gasteiger partial charge in [0.25, 0.3) is 0 Å². The van der Waals surface area contributed by atoms with Crippen LogP contribution in [0.2, 0.25) is 0 Å². The molecule has 0 aliphatic rings. The van der Waals surface area contributed by atoms with Crippen LogP contribution < -0.4 is 5.32 Å². The minimum absolute atomic E-state index is 0.661. The zero-order chi connectivity index (χ0) is 13.4. The predicted molar refractivity (Wildman–Crippen MR) is 75.7 cm³/mol. The van der Waals surface area contributed by atoms with E-state index in [1.165, 1.54) is 12.5 Å². The molecule has 94 valence electrons. The van der Waals surface area contributed by atoms with E-state index in [1.807, 2.05) is 51.1 Å². The molecular weight excluding hydrogens is 224 g/mol. The number of rotatable bonds is 3. The Balaban J connectivity index is 0.000000771. The number of anilines is 2. The number of aryl methyl sites for hydroxylation is 1. The van der Waals surface area contributed by atoms with Crippen LogP contribution in [0.4, 0.5) is 11.5 Å². The molecule has 0 saturated carbocycles. The summed E-state index contributed by atoms with van der Waals surface area (Å²) in [4.78, 5) is 8.18. The van der Waals surface area contributed by atoms with E-state index in [-0.39, 0.29) is 0 Å². The van der Waals surface area contributed by atoms with Gasteiger partial charge in [-0.25, -0.2) is 9.97 Å². The Bertz CT molecular complexity index is 494. The van der Waals surface area contributed by atoms with Crippen LogP contribution in [0.5, 0.6) is 0 Å². The van der Waals surface area contributed by atoms with Crippen molar-refractivity contribution in [1.82, 2.24) is 9.97 Å². The maximum Gasteiger partial charge on any atom is 0.142 e. The summed E-state index contributed by atoms with van der Waals surface area (Å²) in [5.74, 6) is 0.661. The lowest BCUT2D eigenvalue weighted by Crippen LogP contribution is -2.02. The standard InChI is InChI=1S/C12H12N4.C2H6/c1-9-11(7-13)12(15-8-14-9)16-10-5-3-2-4-6-10;1-2/h2-8,13H,1H3,(H,14,15,16);1-2H3. The molecule has 1 aromatic carbocycles. The molecule has 0 bridgehead atoms. The highest BCUT2D eigenvalue weighted by molar-refractivity contribution is 5.86. The first-order valence-corrected chi connectivity index (χ1v) is 5.95. The molecule has 0 saturated heterocycles. The fourth-order valence-electron chi connectivity index (χ4n) is 1.41. The summed E-state index contributed by atoms with van der Waals surface area (Å²) in [6.45, 7) is 5.86. The molecule has 1 heterocycles. The summed E-state index contributed by atoms with van der Waals surface area (Å²) in [6.07, 6.45) is 2.76. The molecule has 0 fully saturated rings. The lowest BCUT2D eigenvalue weighted by Gasteiger charge is -2.08. The average molecular weight is 242 g/mol. The van der Waals surface area contributed by atoms with Crippen LogP contribution in [0.15, 0.2) is 36.7 Å². The molecule has 0 aliphatic heterocycles. The lowest BCUT2D eigenvalue weighted by molar-refractivity contribution is 1.09. The molecular formula is C14H18N4. The second-order valence-electron chi connectivity index (χ2n) is 3.36. The van der Waals surface area contributed by atoms with E-state index < -0.39 is 0 Å². The fourth-order valence-corrected chi connectivity index (χ4v) is 1.41. The van der Waals surface area contributed by atoms with E-state index in [0.717, 1.165) is 11.4 Å². The topological polar surface area (TPSA) is 61.7 Å². The van der Waals surface area contributed by atoms with Gasteiger partial charge in [0.2, 0.25) is 0 Å². The lowest BCUT2D eigenvalue weighted by atomic mass is 10.2. The first-order valence-electron chi connectivity index (χ1n) is 5.95. The highest BCUT2D eigenvalue weighted by Crippen LogP contribution is 2.17. The monoisotopic (exact) mass is 242 g/mol. The number of hydrogen-bond acceptors (Lipinski definition) is 4. The van der Waals surface area contributed by atoms with Gasteiger partial charge in [-0.15, -0.1) is 0 Å². The van der Waals surface area contributed by atoms with Crippen molar-refractivity contribution in [2.24, 2.45) is 0 Å². The zero-order valence-corrected chi connectivity index (χ0v) is 10.9. The van der Waals surface area contributed by atoms with Gasteiger partial charge < -0.3 is 10.7 Å². The van der Waals surface area contributed by atoms with Crippen LogP contribution in [0.25, 0.3) is 0 Å². The second-order valence-corrected chi connectivity index (χ2v) is 3.36. The Morgan fingerprint density at radius 1 is 1.11 bits per heavy atom. The average Bonchev–Trinajstić information content (AvgIpc) is 2.42. The Hall–Kier alpha value is -2.23. The SMILES string of the molecule is CC.Cc1ncnc(Nc2ccccc2)c1C=N. The van der Waals surface area contributed by atoms with Gasteiger partial charge in [0, 0.05) is 11.9 Å². The quantitative estimate of drug-likeness (QED) is 0.809. The number of nitrogens with one attached hydrogen (secondary N) is 2. The first-order chi connectivity index (χ1) is 8.81. The summed E-state index contributed by atoms with van der Waals surface area (Å²) < 4.78 is 0. The minimum Gasteiger partial charge on any atom is -0.340 e. The van der Waals surface area contributed by atoms with Crippen molar-refractivity contribution >= 4 is 17.7 Å². The smallest absolute Gasteiger partial charge is 0.142 e. The molecule has 2 rings (SSSR count). The first kappa shape index (κ1) is 13.8. The van der Waals surface area contributed by atoms with Crippen molar-refractivity contribution in [3.8, 4) is 0 Å². The molecule has 0 radical (unpaired) electrons. The third-order valence-electron chi connectivity index (χ3n) is 2.26.